The Hall–Kier alpha value is -0.850. The third-order valence-electron chi connectivity index (χ3n) is 3.02. The quantitative estimate of drug-likeness (QED) is 0.595. The third-order valence-corrected chi connectivity index (χ3v) is 3.02. The molecular weight excluding hydrogens is 182 g/mol. The second-order valence-corrected chi connectivity index (χ2v) is 4.38. The summed E-state index contributed by atoms with van der Waals surface area (Å²) in [5, 5.41) is 0. The van der Waals surface area contributed by atoms with Crippen LogP contribution in [0.2, 0.25) is 0 Å². The molecule has 0 aliphatic heterocycles. The van der Waals surface area contributed by atoms with E-state index in [-0.39, 0.29) is 0 Å². The maximum Gasteiger partial charge on any atom is 0.0270 e. The highest BCUT2D eigenvalue weighted by molar-refractivity contribution is 5.14. The van der Waals surface area contributed by atoms with Crippen LogP contribution < -0.4 is 0 Å². The van der Waals surface area contributed by atoms with Crippen LogP contribution in [0.15, 0.2) is 24.5 Å². The first-order valence-corrected chi connectivity index (χ1v) is 6.24. The van der Waals surface area contributed by atoms with Gasteiger partial charge in [0.05, 0.1) is 0 Å². The van der Waals surface area contributed by atoms with E-state index in [1.807, 2.05) is 12.4 Å². The van der Waals surface area contributed by atoms with Crippen molar-refractivity contribution >= 4 is 0 Å². The SMILES string of the molecule is CCCCCCCC(C)c1ccncc1. The maximum atomic E-state index is 4.05. The molecule has 1 atom stereocenters. The number of unbranched alkanes of at least 4 members (excludes halogenated alkanes) is 4. The minimum absolute atomic E-state index is 0.689. The van der Waals surface area contributed by atoms with Crippen molar-refractivity contribution in [1.29, 1.82) is 0 Å². The van der Waals surface area contributed by atoms with Gasteiger partial charge in [-0.05, 0) is 30.0 Å². The number of pyridine rings is 1. The summed E-state index contributed by atoms with van der Waals surface area (Å²) in [6.07, 6.45) is 12.0. The molecule has 0 aliphatic rings. The van der Waals surface area contributed by atoms with Crippen molar-refractivity contribution in [3.05, 3.63) is 30.1 Å². The predicted molar refractivity (Wildman–Crippen MR) is 66.0 cm³/mol. The molecule has 15 heavy (non-hydrogen) atoms. The van der Waals surface area contributed by atoms with Gasteiger partial charge in [-0.1, -0.05) is 46.0 Å². The van der Waals surface area contributed by atoms with Gasteiger partial charge >= 0.3 is 0 Å². The summed E-state index contributed by atoms with van der Waals surface area (Å²) in [5.74, 6) is 0.689. The summed E-state index contributed by atoms with van der Waals surface area (Å²) in [6, 6.07) is 4.27. The van der Waals surface area contributed by atoms with E-state index >= 15 is 0 Å². The second kappa shape index (κ2) is 7.44. The van der Waals surface area contributed by atoms with Crippen molar-refractivity contribution in [1.82, 2.24) is 4.98 Å². The highest BCUT2D eigenvalue weighted by atomic mass is 14.6. The molecule has 1 rings (SSSR count). The molecule has 0 aromatic carbocycles. The van der Waals surface area contributed by atoms with E-state index in [1.54, 1.807) is 0 Å². The van der Waals surface area contributed by atoms with Crippen molar-refractivity contribution in [2.24, 2.45) is 0 Å². The van der Waals surface area contributed by atoms with E-state index in [4.69, 9.17) is 0 Å². The fraction of sp³-hybridized carbons (Fsp3) is 0.643. The fourth-order valence-corrected chi connectivity index (χ4v) is 1.91. The van der Waals surface area contributed by atoms with Gasteiger partial charge in [-0.2, -0.15) is 0 Å². The number of nitrogens with zero attached hydrogens (tertiary/aromatic N) is 1. The Morgan fingerprint density at radius 1 is 1.07 bits per heavy atom. The molecule has 84 valence electrons. The Bertz CT molecular complexity index is 243. The zero-order valence-corrected chi connectivity index (χ0v) is 10.1. The lowest BCUT2D eigenvalue weighted by atomic mass is 9.96. The molecule has 0 N–H and O–H groups in total. The Balaban J connectivity index is 2.16. The highest BCUT2D eigenvalue weighted by Gasteiger charge is 2.03. The Morgan fingerprint density at radius 3 is 2.40 bits per heavy atom. The molecule has 0 spiro atoms. The largest absolute Gasteiger partial charge is 0.265 e. The summed E-state index contributed by atoms with van der Waals surface area (Å²) in [7, 11) is 0. The van der Waals surface area contributed by atoms with Crippen LogP contribution in [-0.2, 0) is 0 Å². The van der Waals surface area contributed by atoms with Crippen molar-refractivity contribution < 1.29 is 0 Å². The molecule has 0 fully saturated rings. The molecule has 0 saturated carbocycles. The molecule has 1 aromatic heterocycles. The number of aromatic nitrogens is 1. The van der Waals surface area contributed by atoms with Crippen molar-refractivity contribution in [3.63, 3.8) is 0 Å². The Labute approximate surface area is 93.9 Å². The molecule has 1 heterocycles. The van der Waals surface area contributed by atoms with E-state index in [9.17, 15) is 0 Å². The van der Waals surface area contributed by atoms with Gasteiger partial charge in [0.2, 0.25) is 0 Å². The third kappa shape index (κ3) is 4.96. The Morgan fingerprint density at radius 2 is 1.73 bits per heavy atom. The lowest BCUT2D eigenvalue weighted by Crippen LogP contribution is -1.93. The van der Waals surface area contributed by atoms with Crippen LogP contribution in [0.25, 0.3) is 0 Å². The molecule has 1 nitrogen and oxygen atoms in total. The van der Waals surface area contributed by atoms with Crippen LogP contribution in [0.5, 0.6) is 0 Å². The molecule has 1 aromatic rings. The first-order chi connectivity index (χ1) is 7.34. The number of hydrogen-bond acceptors (Lipinski definition) is 1. The van der Waals surface area contributed by atoms with E-state index < -0.39 is 0 Å². The van der Waals surface area contributed by atoms with E-state index in [2.05, 4.69) is 31.0 Å². The van der Waals surface area contributed by atoms with Crippen LogP contribution in [0.1, 0.15) is 63.9 Å². The van der Waals surface area contributed by atoms with Gasteiger partial charge in [0.25, 0.3) is 0 Å². The van der Waals surface area contributed by atoms with Crippen LogP contribution in [0.3, 0.4) is 0 Å². The molecule has 0 amide bonds. The summed E-state index contributed by atoms with van der Waals surface area (Å²) in [6.45, 7) is 4.58. The molecule has 0 saturated heterocycles. The Kier molecular flexibility index (Phi) is 6.06. The number of hydrogen-bond donors (Lipinski definition) is 0. The zero-order valence-electron chi connectivity index (χ0n) is 10.1. The van der Waals surface area contributed by atoms with Crippen molar-refractivity contribution in [2.45, 2.75) is 58.3 Å². The van der Waals surface area contributed by atoms with Crippen molar-refractivity contribution in [2.75, 3.05) is 0 Å². The van der Waals surface area contributed by atoms with Gasteiger partial charge in [0, 0.05) is 12.4 Å². The van der Waals surface area contributed by atoms with Gasteiger partial charge in [0.1, 0.15) is 0 Å². The van der Waals surface area contributed by atoms with Gasteiger partial charge in [-0.3, -0.25) is 4.98 Å². The van der Waals surface area contributed by atoms with Gasteiger partial charge in [0.15, 0.2) is 0 Å². The molecule has 1 unspecified atom stereocenters. The summed E-state index contributed by atoms with van der Waals surface area (Å²) < 4.78 is 0. The smallest absolute Gasteiger partial charge is 0.0270 e. The summed E-state index contributed by atoms with van der Waals surface area (Å²) in [5.41, 5.74) is 1.43. The summed E-state index contributed by atoms with van der Waals surface area (Å²) in [4.78, 5) is 4.05. The number of rotatable bonds is 7. The van der Waals surface area contributed by atoms with Crippen molar-refractivity contribution in [3.8, 4) is 0 Å². The summed E-state index contributed by atoms with van der Waals surface area (Å²) >= 11 is 0. The molecule has 0 bridgehead atoms. The first-order valence-electron chi connectivity index (χ1n) is 6.24. The average molecular weight is 205 g/mol. The first kappa shape index (κ1) is 12.2. The van der Waals surface area contributed by atoms with Gasteiger partial charge in [-0.15, -0.1) is 0 Å². The lowest BCUT2D eigenvalue weighted by Gasteiger charge is -2.10. The van der Waals surface area contributed by atoms with Crippen LogP contribution >= 0.6 is 0 Å². The van der Waals surface area contributed by atoms with E-state index in [0.717, 1.165) is 0 Å². The fourth-order valence-electron chi connectivity index (χ4n) is 1.91. The van der Waals surface area contributed by atoms with E-state index in [0.29, 0.717) is 5.92 Å². The van der Waals surface area contributed by atoms with Gasteiger partial charge in [-0.25, -0.2) is 0 Å². The standard InChI is InChI=1S/C14H23N/c1-3-4-5-6-7-8-13(2)14-9-11-15-12-10-14/h9-13H,3-8H2,1-2H3. The topological polar surface area (TPSA) is 12.9 Å². The van der Waals surface area contributed by atoms with Crippen LogP contribution in [-0.4, -0.2) is 4.98 Å². The maximum absolute atomic E-state index is 4.05. The van der Waals surface area contributed by atoms with Crippen LogP contribution in [0.4, 0.5) is 0 Å². The van der Waals surface area contributed by atoms with Gasteiger partial charge < -0.3 is 0 Å². The van der Waals surface area contributed by atoms with Crippen LogP contribution in [0, 0.1) is 0 Å². The highest BCUT2D eigenvalue weighted by Crippen LogP contribution is 2.21. The molecule has 0 aliphatic carbocycles. The molecule has 1 heteroatoms. The average Bonchev–Trinajstić information content (AvgIpc) is 2.30. The molecular formula is C14H23N. The monoisotopic (exact) mass is 205 g/mol. The minimum atomic E-state index is 0.689. The minimum Gasteiger partial charge on any atom is -0.265 e. The zero-order chi connectivity index (χ0) is 10.9. The van der Waals surface area contributed by atoms with E-state index in [1.165, 1.54) is 44.1 Å². The lowest BCUT2D eigenvalue weighted by molar-refractivity contribution is 0.566. The normalized spacial score (nSPS) is 12.7. The predicted octanol–water partition coefficient (Wildman–Crippen LogP) is 4.55. The molecule has 0 radical (unpaired) electrons. The second-order valence-electron chi connectivity index (χ2n) is 4.38.